The number of nitrogens with zero attached hydrogens (tertiary/aromatic N) is 3. The largest absolute Gasteiger partial charge is 0.480 e. The van der Waals surface area contributed by atoms with Crippen LogP contribution in [0.4, 0.5) is 0 Å². The first-order valence-electron chi connectivity index (χ1n) is 10.5. The second kappa shape index (κ2) is 10.00. The van der Waals surface area contributed by atoms with Gasteiger partial charge in [0.15, 0.2) is 0 Å². The van der Waals surface area contributed by atoms with Gasteiger partial charge in [0, 0.05) is 31.0 Å². The lowest BCUT2D eigenvalue weighted by atomic mass is 9.95. The lowest BCUT2D eigenvalue weighted by Crippen LogP contribution is -2.49. The van der Waals surface area contributed by atoms with Gasteiger partial charge in [0.2, 0.25) is 5.91 Å². The number of aryl methyl sites for hydroxylation is 1. The highest BCUT2D eigenvalue weighted by Gasteiger charge is 2.32. The number of aromatic nitrogens is 2. The second-order valence-corrected chi connectivity index (χ2v) is 9.29. The number of amides is 2. The standard InChI is InChI=1S/C22H28N4O4S/c1-13(2)10-17(22(29)30)25-19(27)16-7-5-9-26(12-16)21(28)18-14(3)24-20(31-18)15-6-4-8-23-11-15/h4,6,8,11,13,16-17H,5,7,9-10,12H2,1-3H3,(H,25,27)(H,29,30). The van der Waals surface area contributed by atoms with Crippen molar-refractivity contribution in [3.8, 4) is 10.6 Å². The van der Waals surface area contributed by atoms with E-state index in [0.717, 1.165) is 10.6 Å². The second-order valence-electron chi connectivity index (χ2n) is 8.29. The maximum absolute atomic E-state index is 13.2. The van der Waals surface area contributed by atoms with Gasteiger partial charge >= 0.3 is 5.97 Å². The van der Waals surface area contributed by atoms with Crippen LogP contribution in [0, 0.1) is 18.8 Å². The predicted octanol–water partition coefficient (Wildman–Crippen LogP) is 2.98. The molecule has 3 rings (SSSR count). The summed E-state index contributed by atoms with van der Waals surface area (Å²) in [6.45, 7) is 6.48. The third kappa shape index (κ3) is 5.66. The molecule has 2 amide bonds. The Balaban J connectivity index is 1.69. The van der Waals surface area contributed by atoms with E-state index in [0.29, 0.717) is 36.4 Å². The number of thiazole rings is 1. The number of pyridine rings is 1. The Morgan fingerprint density at radius 2 is 2.13 bits per heavy atom. The number of likely N-dealkylation sites (tertiary alicyclic amines) is 1. The van der Waals surface area contributed by atoms with Crippen LogP contribution in [-0.4, -0.2) is 56.9 Å². The maximum Gasteiger partial charge on any atom is 0.326 e. The number of rotatable bonds is 7. The fourth-order valence-electron chi connectivity index (χ4n) is 3.71. The van der Waals surface area contributed by atoms with Gasteiger partial charge in [0.1, 0.15) is 15.9 Å². The molecule has 1 saturated heterocycles. The van der Waals surface area contributed by atoms with E-state index >= 15 is 0 Å². The fourth-order valence-corrected chi connectivity index (χ4v) is 4.73. The van der Waals surface area contributed by atoms with Crippen LogP contribution in [0.3, 0.4) is 0 Å². The average molecular weight is 445 g/mol. The van der Waals surface area contributed by atoms with Crippen LogP contribution in [-0.2, 0) is 9.59 Å². The van der Waals surface area contributed by atoms with Crippen LogP contribution >= 0.6 is 11.3 Å². The molecule has 3 heterocycles. The Morgan fingerprint density at radius 1 is 1.35 bits per heavy atom. The summed E-state index contributed by atoms with van der Waals surface area (Å²) < 4.78 is 0. The molecule has 0 aromatic carbocycles. The molecule has 1 fully saturated rings. The number of aliphatic carboxylic acids is 1. The average Bonchev–Trinajstić information content (AvgIpc) is 3.14. The van der Waals surface area contributed by atoms with Crippen molar-refractivity contribution in [1.82, 2.24) is 20.2 Å². The number of carboxylic acids is 1. The highest BCUT2D eigenvalue weighted by Crippen LogP contribution is 2.29. The molecular formula is C22H28N4O4S. The first-order valence-corrected chi connectivity index (χ1v) is 11.3. The quantitative estimate of drug-likeness (QED) is 0.679. The number of hydrogen-bond acceptors (Lipinski definition) is 6. The molecule has 9 heteroatoms. The van der Waals surface area contributed by atoms with Gasteiger partial charge in [-0.05, 0) is 44.2 Å². The number of piperidine rings is 1. The Kier molecular flexibility index (Phi) is 7.37. The summed E-state index contributed by atoms with van der Waals surface area (Å²) in [5, 5.41) is 12.8. The van der Waals surface area contributed by atoms with Crippen molar-refractivity contribution in [2.24, 2.45) is 11.8 Å². The third-order valence-electron chi connectivity index (χ3n) is 5.30. The monoisotopic (exact) mass is 444 g/mol. The first-order chi connectivity index (χ1) is 14.8. The molecule has 0 bridgehead atoms. The van der Waals surface area contributed by atoms with Crippen LogP contribution in [0.2, 0.25) is 0 Å². The van der Waals surface area contributed by atoms with Crippen molar-refractivity contribution < 1.29 is 19.5 Å². The first kappa shape index (κ1) is 22.9. The topological polar surface area (TPSA) is 112 Å². The van der Waals surface area contributed by atoms with Crippen molar-refractivity contribution in [3.05, 3.63) is 35.1 Å². The normalized spacial score (nSPS) is 17.4. The predicted molar refractivity (Wildman–Crippen MR) is 118 cm³/mol. The molecule has 2 aromatic rings. The van der Waals surface area contributed by atoms with Gasteiger partial charge in [-0.1, -0.05) is 13.8 Å². The zero-order valence-electron chi connectivity index (χ0n) is 18.0. The maximum atomic E-state index is 13.2. The number of carbonyl (C=O) groups is 3. The van der Waals surface area contributed by atoms with E-state index in [1.807, 2.05) is 26.0 Å². The van der Waals surface area contributed by atoms with Crippen molar-refractivity contribution >= 4 is 29.1 Å². The molecule has 31 heavy (non-hydrogen) atoms. The number of carboxylic acid groups (broad SMARTS) is 1. The summed E-state index contributed by atoms with van der Waals surface area (Å²) in [4.78, 5) is 48.2. The molecule has 2 unspecified atom stereocenters. The molecular weight excluding hydrogens is 416 g/mol. The minimum Gasteiger partial charge on any atom is -0.480 e. The number of hydrogen-bond donors (Lipinski definition) is 2. The highest BCUT2D eigenvalue weighted by molar-refractivity contribution is 7.17. The van der Waals surface area contributed by atoms with Crippen LogP contribution in [0.25, 0.3) is 10.6 Å². The summed E-state index contributed by atoms with van der Waals surface area (Å²) >= 11 is 1.32. The molecule has 2 atom stereocenters. The van der Waals surface area contributed by atoms with Crippen LogP contribution in [0.15, 0.2) is 24.5 Å². The molecule has 166 valence electrons. The van der Waals surface area contributed by atoms with E-state index in [4.69, 9.17) is 0 Å². The third-order valence-corrected chi connectivity index (χ3v) is 6.49. The summed E-state index contributed by atoms with van der Waals surface area (Å²) in [5.41, 5.74) is 1.51. The van der Waals surface area contributed by atoms with Crippen LogP contribution in [0.5, 0.6) is 0 Å². The number of carbonyl (C=O) groups excluding carboxylic acids is 2. The van der Waals surface area contributed by atoms with E-state index in [-0.39, 0.29) is 24.3 Å². The Morgan fingerprint density at radius 3 is 2.77 bits per heavy atom. The van der Waals surface area contributed by atoms with Gasteiger partial charge in [0.25, 0.3) is 5.91 Å². The van der Waals surface area contributed by atoms with Crippen LogP contribution < -0.4 is 5.32 Å². The van der Waals surface area contributed by atoms with Crippen LogP contribution in [0.1, 0.15) is 48.5 Å². The van der Waals surface area contributed by atoms with Crippen molar-refractivity contribution in [2.45, 2.75) is 46.1 Å². The lowest BCUT2D eigenvalue weighted by molar-refractivity contribution is -0.143. The fraction of sp³-hybridized carbons (Fsp3) is 0.500. The molecule has 0 aliphatic carbocycles. The molecule has 0 spiro atoms. The number of nitrogens with one attached hydrogen (secondary N) is 1. The van der Waals surface area contributed by atoms with Gasteiger partial charge in [-0.15, -0.1) is 11.3 Å². The molecule has 8 nitrogen and oxygen atoms in total. The van der Waals surface area contributed by atoms with Crippen molar-refractivity contribution in [2.75, 3.05) is 13.1 Å². The van der Waals surface area contributed by atoms with Crippen molar-refractivity contribution in [3.63, 3.8) is 0 Å². The van der Waals surface area contributed by atoms with Gasteiger partial charge in [-0.25, -0.2) is 9.78 Å². The minimum atomic E-state index is -1.03. The molecule has 1 aliphatic heterocycles. The zero-order chi connectivity index (χ0) is 22.5. The molecule has 0 saturated carbocycles. The van der Waals surface area contributed by atoms with Gasteiger partial charge in [-0.2, -0.15) is 0 Å². The Hall–Kier alpha value is -2.81. The van der Waals surface area contributed by atoms with Gasteiger partial charge in [0.05, 0.1) is 11.6 Å². The summed E-state index contributed by atoms with van der Waals surface area (Å²) in [5.74, 6) is -1.75. The zero-order valence-corrected chi connectivity index (χ0v) is 18.8. The molecule has 0 radical (unpaired) electrons. The molecule has 2 N–H and O–H groups in total. The highest BCUT2D eigenvalue weighted by atomic mass is 32.1. The van der Waals surface area contributed by atoms with E-state index in [1.165, 1.54) is 11.3 Å². The Bertz CT molecular complexity index is 944. The molecule has 2 aromatic heterocycles. The Labute approximate surface area is 185 Å². The summed E-state index contributed by atoms with van der Waals surface area (Å²) in [6, 6.07) is 2.81. The summed E-state index contributed by atoms with van der Waals surface area (Å²) in [6.07, 6.45) is 5.09. The SMILES string of the molecule is Cc1nc(-c2cccnc2)sc1C(=O)N1CCCC(C(=O)NC(CC(C)C)C(=O)O)C1. The van der Waals surface area contributed by atoms with Gasteiger partial charge in [-0.3, -0.25) is 14.6 Å². The summed E-state index contributed by atoms with van der Waals surface area (Å²) in [7, 11) is 0. The smallest absolute Gasteiger partial charge is 0.326 e. The lowest BCUT2D eigenvalue weighted by Gasteiger charge is -2.32. The van der Waals surface area contributed by atoms with Gasteiger partial charge < -0.3 is 15.3 Å². The molecule has 1 aliphatic rings. The minimum absolute atomic E-state index is 0.139. The van der Waals surface area contributed by atoms with E-state index in [2.05, 4.69) is 15.3 Å². The van der Waals surface area contributed by atoms with E-state index in [9.17, 15) is 19.5 Å². The van der Waals surface area contributed by atoms with Crippen molar-refractivity contribution in [1.29, 1.82) is 0 Å². The van der Waals surface area contributed by atoms with E-state index < -0.39 is 17.9 Å². The van der Waals surface area contributed by atoms with E-state index in [1.54, 1.807) is 24.2 Å².